The first kappa shape index (κ1) is 25.7. The summed E-state index contributed by atoms with van der Waals surface area (Å²) in [5.41, 5.74) is 2.75. The number of rotatable bonds is 10. The van der Waals surface area contributed by atoms with Gasteiger partial charge in [-0.2, -0.15) is 0 Å². The van der Waals surface area contributed by atoms with Crippen molar-refractivity contribution in [3.05, 3.63) is 72.6 Å². The fourth-order valence-corrected chi connectivity index (χ4v) is 4.24. The molecule has 2 N–H and O–H groups in total. The number of benzene rings is 1. The van der Waals surface area contributed by atoms with Crippen LogP contribution >= 0.6 is 0 Å². The lowest BCUT2D eigenvalue weighted by Gasteiger charge is -2.16. The smallest absolute Gasteiger partial charge is 0.251 e. The fourth-order valence-electron chi connectivity index (χ4n) is 4.24. The van der Waals surface area contributed by atoms with Gasteiger partial charge in [-0.25, -0.2) is 15.0 Å². The molecule has 192 valence electrons. The average Bonchev–Trinajstić information content (AvgIpc) is 3.48. The summed E-state index contributed by atoms with van der Waals surface area (Å²) in [5.74, 6) is 2.28. The molecule has 0 saturated carbocycles. The van der Waals surface area contributed by atoms with Crippen molar-refractivity contribution in [3.8, 4) is 11.5 Å². The summed E-state index contributed by atoms with van der Waals surface area (Å²) in [6.45, 7) is 6.02. The van der Waals surface area contributed by atoms with Crippen molar-refractivity contribution in [2.45, 2.75) is 12.8 Å². The Kier molecular flexibility index (Phi) is 8.35. The van der Waals surface area contributed by atoms with Crippen LogP contribution in [0.2, 0.25) is 0 Å². The van der Waals surface area contributed by atoms with Gasteiger partial charge in [0.05, 0.1) is 25.4 Å². The number of pyridine rings is 1. The first-order valence-corrected chi connectivity index (χ1v) is 12.2. The molecule has 1 fully saturated rings. The highest BCUT2D eigenvalue weighted by Gasteiger charge is 2.17. The standard InChI is InChI=1S/C28H32N6O3/c1-5-6-9-19(10-13-31-27(35)20-11-12-30-25(16-20)34-14-7-8-15-34)26-21-17-23(36-3)24(37-4)18-22(21)32-28(29-2)33-26/h5-6,9-12,16-18H,1,7-8,13-15H2,2-4H3,(H,31,35)(H,29,32,33)/b9-6-,19-10+. The molecule has 4 rings (SSSR count). The zero-order valence-electron chi connectivity index (χ0n) is 21.5. The predicted molar refractivity (Wildman–Crippen MR) is 148 cm³/mol. The normalized spacial score (nSPS) is 13.7. The largest absolute Gasteiger partial charge is 0.493 e. The lowest BCUT2D eigenvalue weighted by atomic mass is 10.0. The number of aromatic nitrogens is 3. The number of nitrogens with one attached hydrogen (secondary N) is 2. The second-order valence-corrected chi connectivity index (χ2v) is 8.43. The van der Waals surface area contributed by atoms with Crippen LogP contribution in [0.25, 0.3) is 16.5 Å². The molecule has 1 aromatic carbocycles. The summed E-state index contributed by atoms with van der Waals surface area (Å²) in [6.07, 6.45) is 11.3. The molecule has 9 nitrogen and oxygen atoms in total. The van der Waals surface area contributed by atoms with Crippen molar-refractivity contribution < 1.29 is 14.3 Å². The van der Waals surface area contributed by atoms with E-state index in [1.54, 1.807) is 39.6 Å². The van der Waals surface area contributed by atoms with Crippen molar-refractivity contribution >= 4 is 34.1 Å². The topological polar surface area (TPSA) is 102 Å². The molecule has 0 spiro atoms. The second kappa shape index (κ2) is 12.0. The minimum absolute atomic E-state index is 0.166. The molecule has 0 atom stereocenters. The van der Waals surface area contributed by atoms with Gasteiger partial charge in [0, 0.05) is 49.9 Å². The highest BCUT2D eigenvalue weighted by Crippen LogP contribution is 2.35. The molecule has 37 heavy (non-hydrogen) atoms. The number of hydrogen-bond donors (Lipinski definition) is 2. The molecule has 0 radical (unpaired) electrons. The maximum absolute atomic E-state index is 12.9. The minimum atomic E-state index is -0.166. The van der Waals surface area contributed by atoms with Crippen molar-refractivity contribution in [1.82, 2.24) is 20.3 Å². The van der Waals surface area contributed by atoms with Crippen molar-refractivity contribution in [3.63, 3.8) is 0 Å². The third-order valence-corrected chi connectivity index (χ3v) is 6.13. The Morgan fingerprint density at radius 3 is 2.59 bits per heavy atom. The predicted octanol–water partition coefficient (Wildman–Crippen LogP) is 4.24. The van der Waals surface area contributed by atoms with Gasteiger partial charge in [0.15, 0.2) is 11.5 Å². The van der Waals surface area contributed by atoms with Crippen LogP contribution in [0.15, 0.2) is 61.3 Å². The number of hydrogen-bond acceptors (Lipinski definition) is 8. The van der Waals surface area contributed by atoms with Crippen molar-refractivity contribution in [2.75, 3.05) is 51.1 Å². The van der Waals surface area contributed by atoms with Gasteiger partial charge < -0.3 is 25.0 Å². The first-order valence-electron chi connectivity index (χ1n) is 12.2. The van der Waals surface area contributed by atoms with Crippen molar-refractivity contribution in [2.24, 2.45) is 0 Å². The Labute approximate surface area is 216 Å². The molecule has 1 amide bonds. The number of fused-ring (bicyclic) bond motifs is 1. The van der Waals surface area contributed by atoms with Crippen LogP contribution in [0, 0.1) is 0 Å². The number of methoxy groups -OCH3 is 2. The fraction of sp³-hybridized carbons (Fsp3) is 0.286. The van der Waals surface area contributed by atoms with E-state index >= 15 is 0 Å². The zero-order valence-corrected chi connectivity index (χ0v) is 21.5. The summed E-state index contributed by atoms with van der Waals surface area (Å²) in [4.78, 5) is 28.9. The Morgan fingerprint density at radius 2 is 1.89 bits per heavy atom. The van der Waals surface area contributed by atoms with Gasteiger partial charge in [0.1, 0.15) is 5.82 Å². The number of nitrogens with zero attached hydrogens (tertiary/aromatic N) is 4. The summed E-state index contributed by atoms with van der Waals surface area (Å²) in [7, 11) is 4.94. The molecule has 9 heteroatoms. The van der Waals surface area contributed by atoms with Crippen LogP contribution in [0.3, 0.4) is 0 Å². The summed E-state index contributed by atoms with van der Waals surface area (Å²) in [5, 5.41) is 6.79. The lowest BCUT2D eigenvalue weighted by molar-refractivity contribution is 0.0958. The van der Waals surface area contributed by atoms with Gasteiger partial charge in [-0.05, 0) is 36.6 Å². The molecule has 3 heterocycles. The number of anilines is 2. The van der Waals surface area contributed by atoms with Gasteiger partial charge in [-0.15, -0.1) is 0 Å². The Bertz CT molecular complexity index is 1350. The Morgan fingerprint density at radius 1 is 1.14 bits per heavy atom. The van der Waals surface area contributed by atoms with E-state index in [0.717, 1.165) is 42.7 Å². The van der Waals surface area contributed by atoms with Crippen LogP contribution in [0.4, 0.5) is 11.8 Å². The molecule has 2 aromatic heterocycles. The third kappa shape index (κ3) is 5.88. The van der Waals surface area contributed by atoms with Gasteiger partial charge in [0.25, 0.3) is 5.91 Å². The van der Waals surface area contributed by atoms with E-state index in [1.807, 2.05) is 36.4 Å². The number of carbonyl (C=O) groups is 1. The summed E-state index contributed by atoms with van der Waals surface area (Å²) < 4.78 is 11.0. The number of amides is 1. The van der Waals surface area contributed by atoms with Gasteiger partial charge >= 0.3 is 0 Å². The molecule has 1 aliphatic heterocycles. The van der Waals surface area contributed by atoms with E-state index in [4.69, 9.17) is 14.5 Å². The molecule has 0 aliphatic carbocycles. The highest BCUT2D eigenvalue weighted by molar-refractivity contribution is 5.96. The van der Waals surface area contributed by atoms with Gasteiger partial charge in [-0.1, -0.05) is 30.9 Å². The SMILES string of the molecule is C=C/C=C\C(=C/CNC(=O)c1ccnc(N2CCCC2)c1)c1nc(NC)nc2cc(OC)c(OC)cc12. The number of allylic oxidation sites excluding steroid dienone is 4. The van der Waals surface area contributed by atoms with E-state index in [9.17, 15) is 4.79 Å². The quantitative estimate of drug-likeness (QED) is 0.399. The van der Waals surface area contributed by atoms with E-state index < -0.39 is 0 Å². The van der Waals surface area contributed by atoms with E-state index in [2.05, 4.69) is 32.1 Å². The third-order valence-electron chi connectivity index (χ3n) is 6.13. The first-order chi connectivity index (χ1) is 18.1. The zero-order chi connectivity index (χ0) is 26.2. The second-order valence-electron chi connectivity index (χ2n) is 8.43. The highest BCUT2D eigenvalue weighted by atomic mass is 16.5. The van der Waals surface area contributed by atoms with Crippen LogP contribution in [0.5, 0.6) is 11.5 Å². The summed E-state index contributed by atoms with van der Waals surface area (Å²) in [6, 6.07) is 7.25. The van der Waals surface area contributed by atoms with E-state index in [0.29, 0.717) is 40.8 Å². The average molecular weight is 501 g/mol. The van der Waals surface area contributed by atoms with Crippen LogP contribution in [-0.4, -0.2) is 61.8 Å². The molecule has 1 aliphatic rings. The molecule has 0 unspecified atom stereocenters. The number of carbonyl (C=O) groups excluding carboxylic acids is 1. The van der Waals surface area contributed by atoms with Crippen LogP contribution in [0.1, 0.15) is 28.9 Å². The van der Waals surface area contributed by atoms with Gasteiger partial charge in [-0.3, -0.25) is 4.79 Å². The lowest BCUT2D eigenvalue weighted by Crippen LogP contribution is -2.25. The molecular formula is C28H32N6O3. The van der Waals surface area contributed by atoms with Crippen molar-refractivity contribution in [1.29, 1.82) is 0 Å². The monoisotopic (exact) mass is 500 g/mol. The van der Waals surface area contributed by atoms with Crippen LogP contribution in [-0.2, 0) is 0 Å². The summed E-state index contributed by atoms with van der Waals surface area (Å²) >= 11 is 0. The van der Waals surface area contributed by atoms with Crippen LogP contribution < -0.4 is 25.0 Å². The molecule has 3 aromatic rings. The maximum Gasteiger partial charge on any atom is 0.251 e. The minimum Gasteiger partial charge on any atom is -0.493 e. The Balaban J connectivity index is 1.64. The Hall–Kier alpha value is -4.40. The molecule has 1 saturated heterocycles. The molecular weight excluding hydrogens is 468 g/mol. The number of ether oxygens (including phenoxy) is 2. The maximum atomic E-state index is 12.9. The molecule has 0 bridgehead atoms. The van der Waals surface area contributed by atoms with Gasteiger partial charge in [0.2, 0.25) is 5.95 Å². The van der Waals surface area contributed by atoms with E-state index in [-0.39, 0.29) is 5.91 Å². The van der Waals surface area contributed by atoms with E-state index in [1.165, 1.54) is 0 Å².